The largest absolute Gasteiger partial charge is 0.492 e. The lowest BCUT2D eigenvalue weighted by molar-refractivity contribution is 0.0983. The van der Waals surface area contributed by atoms with E-state index in [0.717, 1.165) is 23.3 Å². The molecular formula is C30H45ClN4O4S2. The summed E-state index contributed by atoms with van der Waals surface area (Å²) in [5.74, 6) is 0.881. The van der Waals surface area contributed by atoms with E-state index in [2.05, 4.69) is 18.7 Å². The molecule has 0 atom stereocenters. The molecule has 228 valence electrons. The van der Waals surface area contributed by atoms with Crippen LogP contribution in [0.2, 0.25) is 0 Å². The predicted octanol–water partition coefficient (Wildman–Crippen LogP) is 6.41. The molecule has 0 aliphatic heterocycles. The monoisotopic (exact) mass is 624 g/mol. The van der Waals surface area contributed by atoms with Crippen LogP contribution in [-0.2, 0) is 10.0 Å². The molecule has 0 aliphatic carbocycles. The van der Waals surface area contributed by atoms with E-state index in [1.54, 1.807) is 33.5 Å². The number of carbonyl (C=O) groups excluding carboxylic acids is 1. The SMILES string of the molecule is CCOc1cccc2sc(N(CCN(CC)CC)C(=O)c3ccc(S(=O)(=O)N(CC(C)C)CC(C)C)cc3)nc12.Cl. The van der Waals surface area contributed by atoms with E-state index in [4.69, 9.17) is 9.72 Å². The van der Waals surface area contributed by atoms with Crippen molar-refractivity contribution in [2.75, 3.05) is 50.8 Å². The first-order valence-electron chi connectivity index (χ1n) is 14.2. The fraction of sp³-hybridized carbons (Fsp3) is 0.533. The number of anilines is 1. The van der Waals surface area contributed by atoms with Crippen LogP contribution in [0.5, 0.6) is 5.75 Å². The number of rotatable bonds is 15. The van der Waals surface area contributed by atoms with Crippen molar-refractivity contribution in [3.63, 3.8) is 0 Å². The molecule has 0 spiro atoms. The highest BCUT2D eigenvalue weighted by Gasteiger charge is 2.27. The molecule has 0 saturated carbocycles. The van der Waals surface area contributed by atoms with Crippen LogP contribution in [0, 0.1) is 11.8 Å². The number of para-hydroxylation sites is 1. The maximum atomic E-state index is 13.9. The second-order valence-corrected chi connectivity index (χ2v) is 13.6. The van der Waals surface area contributed by atoms with Crippen molar-refractivity contribution < 1.29 is 17.9 Å². The van der Waals surface area contributed by atoms with Gasteiger partial charge in [0.2, 0.25) is 10.0 Å². The van der Waals surface area contributed by atoms with Gasteiger partial charge >= 0.3 is 0 Å². The quantitative estimate of drug-likeness (QED) is 0.194. The van der Waals surface area contributed by atoms with E-state index in [9.17, 15) is 13.2 Å². The van der Waals surface area contributed by atoms with Crippen LogP contribution in [0.1, 0.15) is 58.8 Å². The molecule has 1 aromatic heterocycles. The summed E-state index contributed by atoms with van der Waals surface area (Å²) in [6.07, 6.45) is 0. The predicted molar refractivity (Wildman–Crippen MR) is 172 cm³/mol. The zero-order valence-electron chi connectivity index (χ0n) is 25.3. The number of hydrogen-bond acceptors (Lipinski definition) is 7. The van der Waals surface area contributed by atoms with Gasteiger partial charge in [-0.25, -0.2) is 13.4 Å². The lowest BCUT2D eigenvalue weighted by Crippen LogP contribution is -2.39. The lowest BCUT2D eigenvalue weighted by Gasteiger charge is -2.26. The Balaban J connectivity index is 0.00000588. The summed E-state index contributed by atoms with van der Waals surface area (Å²) in [6, 6.07) is 12.1. The van der Waals surface area contributed by atoms with E-state index in [-0.39, 0.29) is 35.0 Å². The molecule has 3 rings (SSSR count). The molecule has 0 fully saturated rings. The van der Waals surface area contributed by atoms with Gasteiger partial charge in [-0.2, -0.15) is 4.31 Å². The van der Waals surface area contributed by atoms with Gasteiger partial charge in [-0.15, -0.1) is 12.4 Å². The molecule has 0 radical (unpaired) electrons. The fourth-order valence-corrected chi connectivity index (χ4v) is 7.30. The van der Waals surface area contributed by atoms with Gasteiger partial charge in [0.25, 0.3) is 5.91 Å². The molecular weight excluding hydrogens is 580 g/mol. The number of benzene rings is 2. The van der Waals surface area contributed by atoms with Crippen LogP contribution in [-0.4, -0.2) is 74.4 Å². The van der Waals surface area contributed by atoms with E-state index < -0.39 is 10.0 Å². The summed E-state index contributed by atoms with van der Waals surface area (Å²) < 4.78 is 35.2. The van der Waals surface area contributed by atoms with Gasteiger partial charge in [-0.3, -0.25) is 9.69 Å². The summed E-state index contributed by atoms with van der Waals surface area (Å²) in [5.41, 5.74) is 1.16. The van der Waals surface area contributed by atoms with Crippen LogP contribution in [0.3, 0.4) is 0 Å². The Kier molecular flexibility index (Phi) is 13.5. The smallest absolute Gasteiger partial charge is 0.260 e. The van der Waals surface area contributed by atoms with Crippen molar-refractivity contribution in [1.82, 2.24) is 14.2 Å². The average molecular weight is 625 g/mol. The number of ether oxygens (including phenoxy) is 1. The number of likely N-dealkylation sites (N-methyl/N-ethyl adjacent to an activating group) is 1. The van der Waals surface area contributed by atoms with Crippen molar-refractivity contribution in [3.05, 3.63) is 48.0 Å². The Morgan fingerprint density at radius 3 is 2.07 bits per heavy atom. The average Bonchev–Trinajstić information content (AvgIpc) is 3.35. The molecule has 0 bridgehead atoms. The maximum absolute atomic E-state index is 13.9. The molecule has 41 heavy (non-hydrogen) atoms. The van der Waals surface area contributed by atoms with Gasteiger partial charge in [-0.1, -0.05) is 58.9 Å². The van der Waals surface area contributed by atoms with Crippen molar-refractivity contribution >= 4 is 55.0 Å². The van der Waals surface area contributed by atoms with Crippen LogP contribution >= 0.6 is 23.7 Å². The number of aromatic nitrogens is 1. The third-order valence-electron chi connectivity index (χ3n) is 6.56. The number of amides is 1. The second-order valence-electron chi connectivity index (χ2n) is 10.7. The van der Waals surface area contributed by atoms with Gasteiger partial charge in [0.05, 0.1) is 16.2 Å². The third-order valence-corrected chi connectivity index (χ3v) is 9.45. The molecule has 1 amide bonds. The van der Waals surface area contributed by atoms with Gasteiger partial charge in [0, 0.05) is 31.7 Å². The summed E-state index contributed by atoms with van der Waals surface area (Å²) in [6.45, 7) is 18.5. The van der Waals surface area contributed by atoms with Crippen LogP contribution in [0.15, 0.2) is 47.4 Å². The highest BCUT2D eigenvalue weighted by Crippen LogP contribution is 2.35. The summed E-state index contributed by atoms with van der Waals surface area (Å²) in [5, 5.41) is 0.594. The van der Waals surface area contributed by atoms with Crippen molar-refractivity contribution in [2.24, 2.45) is 11.8 Å². The van der Waals surface area contributed by atoms with E-state index in [1.165, 1.54) is 11.3 Å². The Labute approximate surface area is 256 Å². The van der Waals surface area contributed by atoms with Gasteiger partial charge in [0.15, 0.2) is 5.13 Å². The number of hydrogen-bond donors (Lipinski definition) is 0. The van der Waals surface area contributed by atoms with E-state index >= 15 is 0 Å². The van der Waals surface area contributed by atoms with E-state index in [1.807, 2.05) is 52.8 Å². The molecule has 0 unspecified atom stereocenters. The molecule has 3 aromatic rings. The van der Waals surface area contributed by atoms with Crippen molar-refractivity contribution in [3.8, 4) is 5.75 Å². The number of carbonyl (C=O) groups is 1. The van der Waals surface area contributed by atoms with Crippen molar-refractivity contribution in [1.29, 1.82) is 0 Å². The highest BCUT2D eigenvalue weighted by atomic mass is 35.5. The zero-order chi connectivity index (χ0) is 29.4. The summed E-state index contributed by atoms with van der Waals surface area (Å²) in [4.78, 5) is 22.9. The summed E-state index contributed by atoms with van der Waals surface area (Å²) in [7, 11) is -3.68. The zero-order valence-corrected chi connectivity index (χ0v) is 27.7. The standard InChI is InChI=1S/C30H44N4O4S2.ClH/c1-8-32(9-2)18-19-34(30-31-28-26(38-10-3)12-11-13-27(28)39-30)29(35)24-14-16-25(17-15-24)40(36,37)33(20-22(4)5)21-23(6)7;/h11-17,22-23H,8-10,18-21H2,1-7H3;1H. The molecule has 1 heterocycles. The Morgan fingerprint density at radius 2 is 1.54 bits per heavy atom. The number of sulfonamides is 1. The van der Waals surface area contributed by atoms with Gasteiger partial charge in [0.1, 0.15) is 11.3 Å². The number of halogens is 1. The molecule has 8 nitrogen and oxygen atoms in total. The first-order chi connectivity index (χ1) is 19.0. The van der Waals surface area contributed by atoms with Crippen LogP contribution in [0.25, 0.3) is 10.2 Å². The molecule has 0 N–H and O–H groups in total. The fourth-order valence-electron chi connectivity index (χ4n) is 4.52. The summed E-state index contributed by atoms with van der Waals surface area (Å²) >= 11 is 1.45. The Hall–Kier alpha value is -2.24. The van der Waals surface area contributed by atoms with Crippen LogP contribution in [0.4, 0.5) is 5.13 Å². The minimum absolute atomic E-state index is 0. The molecule has 0 aliphatic rings. The number of nitrogens with zero attached hydrogens (tertiary/aromatic N) is 4. The third kappa shape index (κ3) is 8.88. The minimum Gasteiger partial charge on any atom is -0.492 e. The Morgan fingerprint density at radius 1 is 0.927 bits per heavy atom. The molecule has 0 saturated heterocycles. The molecule has 11 heteroatoms. The second kappa shape index (κ2) is 15.8. The number of thiazole rings is 1. The highest BCUT2D eigenvalue weighted by molar-refractivity contribution is 7.89. The Bertz CT molecular complexity index is 1350. The number of fused-ring (bicyclic) bond motifs is 1. The first-order valence-corrected chi connectivity index (χ1v) is 16.4. The van der Waals surface area contributed by atoms with Crippen molar-refractivity contribution in [2.45, 2.75) is 53.4 Å². The topological polar surface area (TPSA) is 83.0 Å². The first kappa shape index (κ1) is 35.0. The lowest BCUT2D eigenvalue weighted by atomic mass is 10.2. The van der Waals surface area contributed by atoms with E-state index in [0.29, 0.717) is 49.2 Å². The maximum Gasteiger partial charge on any atom is 0.260 e. The minimum atomic E-state index is -3.68. The van der Waals surface area contributed by atoms with Crippen LogP contribution < -0.4 is 9.64 Å². The van der Waals surface area contributed by atoms with Gasteiger partial charge in [-0.05, 0) is 68.2 Å². The normalized spacial score (nSPS) is 12.0. The molecule has 2 aromatic carbocycles. The van der Waals surface area contributed by atoms with Gasteiger partial charge < -0.3 is 9.64 Å².